The number of nitrogens with zero attached hydrogens (tertiary/aromatic N) is 1. The summed E-state index contributed by atoms with van der Waals surface area (Å²) in [4.78, 5) is 32.2. The number of aromatic nitrogens is 2. The van der Waals surface area contributed by atoms with Crippen LogP contribution in [0.5, 0.6) is 0 Å². The molecule has 0 atom stereocenters. The molecular weight excluding hydrogens is 286 g/mol. The highest BCUT2D eigenvalue weighted by atomic mass is 32.1. The van der Waals surface area contributed by atoms with Crippen molar-refractivity contribution in [3.63, 3.8) is 0 Å². The molecule has 0 radical (unpaired) electrons. The fourth-order valence-corrected chi connectivity index (χ4v) is 3.04. The van der Waals surface area contributed by atoms with Crippen LogP contribution in [-0.2, 0) is 13.0 Å². The highest BCUT2D eigenvalue weighted by Crippen LogP contribution is 2.18. The van der Waals surface area contributed by atoms with E-state index >= 15 is 0 Å². The van der Waals surface area contributed by atoms with Gasteiger partial charge in [-0.05, 0) is 38.8 Å². The number of carbonyl (C=O) groups is 1. The van der Waals surface area contributed by atoms with Crippen molar-refractivity contribution in [2.24, 2.45) is 0 Å². The molecule has 1 amide bonds. The summed E-state index contributed by atoms with van der Waals surface area (Å²) in [6, 6.07) is 1.63. The molecule has 0 aromatic carbocycles. The van der Waals surface area contributed by atoms with Crippen LogP contribution in [0.3, 0.4) is 0 Å². The van der Waals surface area contributed by atoms with Crippen molar-refractivity contribution < 1.29 is 4.79 Å². The van der Waals surface area contributed by atoms with E-state index in [-0.39, 0.29) is 17.0 Å². The molecule has 0 aliphatic rings. The maximum Gasteiger partial charge on any atom is 0.261 e. The minimum absolute atomic E-state index is 0.150. The third-order valence-corrected chi connectivity index (χ3v) is 4.39. The molecule has 21 heavy (non-hydrogen) atoms. The molecule has 0 saturated heterocycles. The number of hydrogen-bond donors (Lipinski definition) is 2. The fourth-order valence-electron chi connectivity index (χ4n) is 2.08. The topological polar surface area (TPSA) is 74.8 Å². The second kappa shape index (κ2) is 6.22. The number of carbonyl (C=O) groups excluding carboxylic acids is 1. The predicted molar refractivity (Wildman–Crippen MR) is 83.9 cm³/mol. The molecule has 112 valence electrons. The quantitative estimate of drug-likeness (QED) is 0.909. The Morgan fingerprint density at radius 1 is 1.38 bits per heavy atom. The monoisotopic (exact) mass is 305 g/mol. The molecule has 6 heteroatoms. The fraction of sp³-hybridized carbons (Fsp3) is 0.400. The van der Waals surface area contributed by atoms with E-state index in [1.807, 2.05) is 27.7 Å². The molecule has 0 saturated carbocycles. The van der Waals surface area contributed by atoms with Gasteiger partial charge in [0.25, 0.3) is 11.5 Å². The summed E-state index contributed by atoms with van der Waals surface area (Å²) >= 11 is 1.57. The number of aromatic amines is 1. The maximum absolute atomic E-state index is 12.2. The number of pyridine rings is 1. The first kappa shape index (κ1) is 15.4. The first-order valence-electron chi connectivity index (χ1n) is 6.86. The largest absolute Gasteiger partial charge is 0.347 e. The van der Waals surface area contributed by atoms with Crippen LogP contribution in [0.2, 0.25) is 0 Å². The average molecular weight is 305 g/mol. The van der Waals surface area contributed by atoms with E-state index in [0.29, 0.717) is 6.54 Å². The van der Waals surface area contributed by atoms with Crippen LogP contribution in [0.25, 0.3) is 0 Å². The second-order valence-electron chi connectivity index (χ2n) is 4.96. The van der Waals surface area contributed by atoms with Crippen LogP contribution >= 0.6 is 11.3 Å². The van der Waals surface area contributed by atoms with Crippen molar-refractivity contribution >= 4 is 17.2 Å². The lowest BCUT2D eigenvalue weighted by Gasteiger charge is -2.06. The molecule has 5 nitrogen and oxygen atoms in total. The zero-order valence-electron chi connectivity index (χ0n) is 12.7. The Labute approximate surface area is 127 Å². The molecule has 0 aliphatic heterocycles. The first-order valence-corrected chi connectivity index (χ1v) is 7.68. The van der Waals surface area contributed by atoms with E-state index in [0.717, 1.165) is 33.3 Å². The number of amides is 1. The zero-order chi connectivity index (χ0) is 15.6. The van der Waals surface area contributed by atoms with Crippen LogP contribution < -0.4 is 10.9 Å². The van der Waals surface area contributed by atoms with Gasteiger partial charge in [0.05, 0.1) is 17.2 Å². The van der Waals surface area contributed by atoms with Gasteiger partial charge in [-0.1, -0.05) is 6.92 Å². The Morgan fingerprint density at radius 3 is 2.76 bits per heavy atom. The van der Waals surface area contributed by atoms with Crippen LogP contribution in [0.1, 0.15) is 44.1 Å². The van der Waals surface area contributed by atoms with Gasteiger partial charge in [0.2, 0.25) is 0 Å². The normalized spacial score (nSPS) is 10.7. The average Bonchev–Trinajstić information content (AvgIpc) is 2.80. The van der Waals surface area contributed by atoms with Gasteiger partial charge in [-0.3, -0.25) is 9.59 Å². The van der Waals surface area contributed by atoms with Gasteiger partial charge in [-0.15, -0.1) is 11.3 Å². The van der Waals surface area contributed by atoms with Gasteiger partial charge in [0.1, 0.15) is 5.56 Å². The van der Waals surface area contributed by atoms with E-state index in [1.54, 1.807) is 17.4 Å². The van der Waals surface area contributed by atoms with Gasteiger partial charge < -0.3 is 10.3 Å². The first-order chi connectivity index (χ1) is 9.92. The minimum Gasteiger partial charge on any atom is -0.347 e. The molecular formula is C15H19N3O2S. The zero-order valence-corrected chi connectivity index (χ0v) is 13.5. The van der Waals surface area contributed by atoms with Crippen molar-refractivity contribution in [1.29, 1.82) is 0 Å². The van der Waals surface area contributed by atoms with Crippen molar-refractivity contribution in [2.45, 2.75) is 40.7 Å². The minimum atomic E-state index is -0.355. The summed E-state index contributed by atoms with van der Waals surface area (Å²) in [6.45, 7) is 8.06. The molecule has 0 fully saturated rings. The third-order valence-electron chi connectivity index (χ3n) is 3.37. The van der Waals surface area contributed by atoms with Crippen LogP contribution in [0.4, 0.5) is 0 Å². The van der Waals surface area contributed by atoms with Gasteiger partial charge in [0, 0.05) is 10.6 Å². The van der Waals surface area contributed by atoms with Gasteiger partial charge in [0.15, 0.2) is 0 Å². The molecule has 0 aliphatic carbocycles. The molecule has 2 rings (SSSR count). The summed E-state index contributed by atoms with van der Waals surface area (Å²) < 4.78 is 0. The summed E-state index contributed by atoms with van der Waals surface area (Å²) in [6.07, 6.45) is 0.833. The number of aryl methyl sites for hydroxylation is 4. The van der Waals surface area contributed by atoms with Gasteiger partial charge in [-0.25, -0.2) is 4.98 Å². The van der Waals surface area contributed by atoms with Gasteiger partial charge in [-0.2, -0.15) is 0 Å². The van der Waals surface area contributed by atoms with Crippen LogP contribution in [-0.4, -0.2) is 15.9 Å². The Morgan fingerprint density at radius 2 is 2.10 bits per heavy atom. The maximum atomic E-state index is 12.2. The molecule has 0 spiro atoms. The van der Waals surface area contributed by atoms with E-state index < -0.39 is 0 Å². The summed E-state index contributed by atoms with van der Waals surface area (Å²) in [7, 11) is 0. The lowest BCUT2D eigenvalue weighted by molar-refractivity contribution is 0.0949. The number of H-pyrrole nitrogens is 1. The Kier molecular flexibility index (Phi) is 4.57. The molecule has 2 aromatic rings. The summed E-state index contributed by atoms with van der Waals surface area (Å²) in [5.74, 6) is -0.354. The van der Waals surface area contributed by atoms with E-state index in [9.17, 15) is 9.59 Å². The van der Waals surface area contributed by atoms with Crippen LogP contribution in [0.15, 0.2) is 10.9 Å². The lowest BCUT2D eigenvalue weighted by Crippen LogP contribution is -2.29. The highest BCUT2D eigenvalue weighted by molar-refractivity contribution is 7.11. The molecule has 2 heterocycles. The number of rotatable bonds is 4. The van der Waals surface area contributed by atoms with E-state index in [4.69, 9.17) is 0 Å². The smallest absolute Gasteiger partial charge is 0.261 e. The van der Waals surface area contributed by atoms with E-state index in [2.05, 4.69) is 15.3 Å². The SMILES string of the molecule is CCc1nc(C)sc1CNC(=O)c1cc(C)c(C)[nH]c1=O. The molecule has 0 bridgehead atoms. The van der Waals surface area contributed by atoms with E-state index in [1.165, 1.54) is 0 Å². The van der Waals surface area contributed by atoms with Crippen molar-refractivity contribution in [2.75, 3.05) is 0 Å². The second-order valence-corrected chi connectivity index (χ2v) is 6.25. The predicted octanol–water partition coefficient (Wildman–Crippen LogP) is 2.25. The summed E-state index contributed by atoms with van der Waals surface area (Å²) in [5.41, 5.74) is 2.47. The highest BCUT2D eigenvalue weighted by Gasteiger charge is 2.14. The Hall–Kier alpha value is -1.95. The number of thiazole rings is 1. The standard InChI is InChI=1S/C15H19N3O2S/c1-5-12-13(21-10(4)18-12)7-16-14(19)11-6-8(2)9(3)17-15(11)20/h6H,5,7H2,1-4H3,(H,16,19)(H,17,20). The van der Waals surface area contributed by atoms with Crippen molar-refractivity contribution in [1.82, 2.24) is 15.3 Å². The number of nitrogens with one attached hydrogen (secondary N) is 2. The summed E-state index contributed by atoms with van der Waals surface area (Å²) in [5, 5.41) is 3.79. The van der Waals surface area contributed by atoms with Crippen molar-refractivity contribution in [3.05, 3.63) is 48.8 Å². The molecule has 2 aromatic heterocycles. The molecule has 2 N–H and O–H groups in total. The van der Waals surface area contributed by atoms with Crippen molar-refractivity contribution in [3.8, 4) is 0 Å². The lowest BCUT2D eigenvalue weighted by atomic mass is 10.1. The molecule has 0 unspecified atom stereocenters. The Bertz CT molecular complexity index is 731. The van der Waals surface area contributed by atoms with Crippen LogP contribution in [0, 0.1) is 20.8 Å². The Balaban J connectivity index is 2.15. The number of hydrogen-bond acceptors (Lipinski definition) is 4. The van der Waals surface area contributed by atoms with Gasteiger partial charge >= 0.3 is 0 Å². The third kappa shape index (κ3) is 3.39.